The average Bonchev–Trinajstić information content (AvgIpc) is 3.63. The van der Waals surface area contributed by atoms with Gasteiger partial charge in [-0.15, -0.1) is 0 Å². The number of hydrogen-bond acceptors (Lipinski definition) is 0. The molecule has 6 aromatic rings. The first-order valence-corrected chi connectivity index (χ1v) is 21.2. The topological polar surface area (TPSA) is 0 Å². The fourth-order valence-electron chi connectivity index (χ4n) is 8.63. The van der Waals surface area contributed by atoms with Gasteiger partial charge in [0.2, 0.25) is 0 Å². The van der Waals surface area contributed by atoms with Gasteiger partial charge in [-0.05, 0) is 0 Å². The third kappa shape index (κ3) is 5.87. The number of rotatable bonds is 5. The van der Waals surface area contributed by atoms with Gasteiger partial charge in [0.25, 0.3) is 0 Å². The number of hydrogen-bond donors (Lipinski definition) is 0. The van der Waals surface area contributed by atoms with E-state index >= 15 is 0 Å². The first-order chi connectivity index (χ1) is 22.8. The second-order valence-electron chi connectivity index (χ2n) is 14.1. The van der Waals surface area contributed by atoms with Crippen LogP contribution in [0, 0.1) is 12.8 Å². The number of fused-ring (bicyclic) bond motifs is 4. The van der Waals surface area contributed by atoms with Crippen LogP contribution in [0.25, 0.3) is 56.0 Å². The summed E-state index contributed by atoms with van der Waals surface area (Å²) in [5.41, 5.74) is 16.2. The molecule has 8 rings (SSSR count). The molecule has 244 valence electrons. The van der Waals surface area contributed by atoms with Crippen molar-refractivity contribution in [3.8, 4) is 22.3 Å². The van der Waals surface area contributed by atoms with Crippen molar-refractivity contribution in [1.29, 1.82) is 0 Å². The molecule has 0 aliphatic heterocycles. The Bertz CT molecular complexity index is 2320. The number of benzene rings is 6. The Labute approximate surface area is 312 Å². The van der Waals surface area contributed by atoms with Crippen LogP contribution in [0.1, 0.15) is 69.7 Å². The van der Waals surface area contributed by atoms with E-state index in [2.05, 4.69) is 169 Å². The molecule has 0 heterocycles. The maximum Gasteiger partial charge on any atom is -1.00 e. The molecule has 0 spiro atoms. The van der Waals surface area contributed by atoms with E-state index in [1.54, 1.807) is 25.5 Å². The van der Waals surface area contributed by atoms with E-state index < -0.39 is 21.3 Å². The number of halogens is 2. The van der Waals surface area contributed by atoms with Gasteiger partial charge >= 0.3 is 289 Å². The van der Waals surface area contributed by atoms with Crippen molar-refractivity contribution in [3.63, 3.8) is 0 Å². The van der Waals surface area contributed by atoms with Gasteiger partial charge in [-0.2, -0.15) is 0 Å². The van der Waals surface area contributed by atoms with Crippen LogP contribution in [0.4, 0.5) is 0 Å². The molecule has 49 heavy (non-hydrogen) atoms. The van der Waals surface area contributed by atoms with Crippen molar-refractivity contribution in [2.75, 3.05) is 0 Å². The SMILES string of the molecule is CC1=Cc2c(-c3cccc4ccccc34)ccc(C)c2[CH]1[Zr+2](=[C](C)C)[CH]1C(C(C)C)=Cc2c(-c3cccc4ccccc34)cccc21.[Cl-].[Cl-]. The monoisotopic (exact) mass is 754 g/mol. The van der Waals surface area contributed by atoms with E-state index in [-0.39, 0.29) is 24.8 Å². The first kappa shape index (κ1) is 35.5. The van der Waals surface area contributed by atoms with Crippen LogP contribution in [0.15, 0.2) is 126 Å². The maximum absolute atomic E-state index is 2.61. The summed E-state index contributed by atoms with van der Waals surface area (Å²) in [7, 11) is 0. The molecule has 0 N–H and O–H groups in total. The van der Waals surface area contributed by atoms with Gasteiger partial charge in [-0.25, -0.2) is 0 Å². The van der Waals surface area contributed by atoms with Crippen molar-refractivity contribution in [2.45, 2.75) is 48.8 Å². The average molecular weight is 757 g/mol. The zero-order valence-corrected chi connectivity index (χ0v) is 33.1. The van der Waals surface area contributed by atoms with Crippen LogP contribution in [-0.2, 0) is 21.3 Å². The third-order valence-corrected chi connectivity index (χ3v) is 20.1. The van der Waals surface area contributed by atoms with E-state index in [0.29, 0.717) is 13.2 Å². The summed E-state index contributed by atoms with van der Waals surface area (Å²) >= 11 is -2.46. The molecule has 0 saturated carbocycles. The Kier molecular flexibility index (Phi) is 10.2. The molecule has 0 radical (unpaired) electrons. The summed E-state index contributed by atoms with van der Waals surface area (Å²) in [6, 6.07) is 43.2. The fraction of sp³-hybridized carbons (Fsp3) is 0.196. The molecule has 0 bridgehead atoms. The molecule has 2 atom stereocenters. The van der Waals surface area contributed by atoms with Crippen LogP contribution in [-0.4, -0.2) is 3.21 Å². The fourth-order valence-corrected chi connectivity index (χ4v) is 18.8. The Hall–Kier alpha value is -3.35. The predicted molar refractivity (Wildman–Crippen MR) is 202 cm³/mol. The van der Waals surface area contributed by atoms with Gasteiger partial charge in [0.15, 0.2) is 0 Å². The van der Waals surface area contributed by atoms with E-state index in [0.717, 1.165) is 0 Å². The van der Waals surface area contributed by atoms with Gasteiger partial charge in [0, 0.05) is 0 Å². The van der Waals surface area contributed by atoms with Gasteiger partial charge in [-0.3, -0.25) is 0 Å². The number of allylic oxidation sites excluding steroid dienone is 2. The van der Waals surface area contributed by atoms with Crippen LogP contribution in [0.5, 0.6) is 0 Å². The summed E-state index contributed by atoms with van der Waals surface area (Å²) in [5, 5.41) is 5.28. The van der Waals surface area contributed by atoms with E-state index in [1.807, 2.05) is 0 Å². The molecule has 0 fully saturated rings. The van der Waals surface area contributed by atoms with Gasteiger partial charge < -0.3 is 24.8 Å². The molecule has 3 heteroatoms. The number of aryl methyl sites for hydroxylation is 1. The largest absolute Gasteiger partial charge is 1.00 e. The maximum atomic E-state index is 2.61. The zero-order valence-electron chi connectivity index (χ0n) is 29.1. The van der Waals surface area contributed by atoms with Crippen LogP contribution in [0.3, 0.4) is 0 Å². The molecule has 2 aliphatic rings. The Morgan fingerprint density at radius 1 is 0.551 bits per heavy atom. The minimum absolute atomic E-state index is 0. The Balaban J connectivity index is 0.00000208. The van der Waals surface area contributed by atoms with E-state index in [9.17, 15) is 0 Å². The third-order valence-electron chi connectivity index (χ3n) is 10.7. The summed E-state index contributed by atoms with van der Waals surface area (Å²) in [4.78, 5) is 0. The normalized spacial score (nSPS) is 15.9. The zero-order chi connectivity index (χ0) is 32.4. The molecular weight excluding hydrogens is 715 g/mol. The molecule has 2 aliphatic carbocycles. The summed E-state index contributed by atoms with van der Waals surface area (Å²) in [5.74, 6) is 0.496. The molecular formula is C46H42Cl2Zr. The standard InChI is InChI=1S/C22H19.C21H17.C3H6.2ClH.Zr/c1-15(2)18-13-17-9-6-12-21(22(17)14-18)20-11-5-8-16-7-3-4-10-19(16)20;1-14-12-20-15(2)10-11-19(21(20)13-14)18-9-5-7-16-6-3-4-8-17(16)18;1-3-2;;;/h3-15H,1-2H3;3-13H,1-2H3;1-2H3;2*1H;/q;;;;;+2/p-2. The molecule has 0 nitrogen and oxygen atoms in total. The van der Waals surface area contributed by atoms with Crippen LogP contribution in [0.2, 0.25) is 0 Å². The van der Waals surface area contributed by atoms with E-state index in [1.165, 1.54) is 60.5 Å². The van der Waals surface area contributed by atoms with Gasteiger partial charge in [-0.1, -0.05) is 0 Å². The van der Waals surface area contributed by atoms with Crippen molar-refractivity contribution in [2.24, 2.45) is 5.92 Å². The van der Waals surface area contributed by atoms with Crippen molar-refractivity contribution in [3.05, 3.63) is 154 Å². The Morgan fingerprint density at radius 2 is 1.08 bits per heavy atom. The molecule has 0 aromatic heterocycles. The van der Waals surface area contributed by atoms with Crippen LogP contribution < -0.4 is 24.8 Å². The van der Waals surface area contributed by atoms with Gasteiger partial charge in [0.1, 0.15) is 0 Å². The second-order valence-corrected chi connectivity index (χ2v) is 21.7. The summed E-state index contributed by atoms with van der Waals surface area (Å²) in [6.07, 6.45) is 5.17. The van der Waals surface area contributed by atoms with Crippen molar-refractivity contribution in [1.82, 2.24) is 0 Å². The summed E-state index contributed by atoms with van der Waals surface area (Å²) < 4.78 is 2.74. The van der Waals surface area contributed by atoms with Crippen molar-refractivity contribution < 1.29 is 46.1 Å². The van der Waals surface area contributed by atoms with Crippen molar-refractivity contribution >= 4 is 36.9 Å². The smallest absolute Gasteiger partial charge is 1.00 e. The molecule has 6 aromatic carbocycles. The van der Waals surface area contributed by atoms with Gasteiger partial charge in [0.05, 0.1) is 0 Å². The predicted octanol–water partition coefficient (Wildman–Crippen LogP) is 6.73. The minimum atomic E-state index is -2.46. The van der Waals surface area contributed by atoms with Crippen LogP contribution >= 0.6 is 0 Å². The second kappa shape index (κ2) is 14.1. The minimum Gasteiger partial charge on any atom is -1.00 e. The molecule has 0 saturated heterocycles. The summed E-state index contributed by atoms with van der Waals surface area (Å²) in [6.45, 7) is 14.6. The molecule has 0 amide bonds. The first-order valence-electron chi connectivity index (χ1n) is 17.1. The Morgan fingerprint density at radius 3 is 1.67 bits per heavy atom. The van der Waals surface area contributed by atoms with E-state index in [4.69, 9.17) is 0 Å². The molecule has 2 unspecified atom stereocenters. The quantitative estimate of drug-likeness (QED) is 0.183.